The lowest BCUT2D eigenvalue weighted by atomic mass is 10.0. The molecular weight excluding hydrogens is 402 g/mol. The molecule has 3 aromatic carbocycles. The molecular formula is C22H25N3O4S. The Labute approximate surface area is 176 Å². The van der Waals surface area contributed by atoms with Gasteiger partial charge < -0.3 is 20.9 Å². The summed E-state index contributed by atoms with van der Waals surface area (Å²) in [6.07, 6.45) is 0. The van der Waals surface area contributed by atoms with Gasteiger partial charge in [0, 0.05) is 18.8 Å². The third-order valence-electron chi connectivity index (χ3n) is 4.48. The predicted molar refractivity (Wildman–Crippen MR) is 119 cm³/mol. The number of rotatable bonds is 9. The van der Waals surface area contributed by atoms with Gasteiger partial charge >= 0.3 is 0 Å². The van der Waals surface area contributed by atoms with Gasteiger partial charge in [-0.15, -0.1) is 0 Å². The Morgan fingerprint density at radius 2 is 1.70 bits per heavy atom. The van der Waals surface area contributed by atoms with Crippen molar-refractivity contribution in [3.8, 4) is 16.9 Å². The van der Waals surface area contributed by atoms with E-state index >= 15 is 0 Å². The zero-order chi connectivity index (χ0) is 21.6. The molecule has 30 heavy (non-hydrogen) atoms. The number of nitrogens with two attached hydrogens (primary N) is 1. The third-order valence-corrected chi connectivity index (χ3v) is 5.89. The third kappa shape index (κ3) is 5.10. The molecule has 0 aliphatic rings. The molecule has 0 aliphatic carbocycles. The van der Waals surface area contributed by atoms with Crippen molar-refractivity contribution in [1.29, 1.82) is 0 Å². The first-order valence-corrected chi connectivity index (χ1v) is 10.9. The van der Waals surface area contributed by atoms with Crippen LogP contribution in [-0.2, 0) is 16.6 Å². The number of hydrogen-bond acceptors (Lipinski definition) is 6. The molecule has 7 nitrogen and oxygen atoms in total. The summed E-state index contributed by atoms with van der Waals surface area (Å²) in [7, 11) is -2.49. The van der Waals surface area contributed by atoms with Crippen LogP contribution in [-0.4, -0.2) is 33.7 Å². The molecule has 8 heteroatoms. The topological polar surface area (TPSA) is 114 Å². The van der Waals surface area contributed by atoms with E-state index in [1.54, 1.807) is 42.5 Å². The van der Waals surface area contributed by atoms with E-state index in [1.165, 1.54) is 7.11 Å². The number of nitrogens with one attached hydrogen (secondary N) is 2. The van der Waals surface area contributed by atoms with Gasteiger partial charge in [0.1, 0.15) is 10.6 Å². The fourth-order valence-corrected chi connectivity index (χ4v) is 4.28. The van der Waals surface area contributed by atoms with Gasteiger partial charge in [-0.2, -0.15) is 0 Å². The Balaban J connectivity index is 1.96. The Morgan fingerprint density at radius 3 is 2.43 bits per heavy atom. The quantitative estimate of drug-likeness (QED) is 0.417. The number of sulfonamides is 1. The van der Waals surface area contributed by atoms with Crippen LogP contribution in [0.1, 0.15) is 5.56 Å². The molecule has 0 atom stereocenters. The van der Waals surface area contributed by atoms with E-state index in [0.717, 1.165) is 16.8 Å². The van der Waals surface area contributed by atoms with Gasteiger partial charge in [-0.05, 0) is 53.1 Å². The first-order chi connectivity index (χ1) is 14.5. The Kier molecular flexibility index (Phi) is 6.94. The largest absolute Gasteiger partial charge is 0.495 e. The second kappa shape index (κ2) is 9.62. The lowest BCUT2D eigenvalue weighted by molar-refractivity contribution is 0.282. The van der Waals surface area contributed by atoms with E-state index in [4.69, 9.17) is 10.5 Å². The number of aliphatic hydroxyl groups is 1. The van der Waals surface area contributed by atoms with E-state index in [2.05, 4.69) is 10.0 Å². The minimum Gasteiger partial charge on any atom is -0.495 e. The van der Waals surface area contributed by atoms with Crippen LogP contribution in [0.2, 0.25) is 0 Å². The molecule has 0 aromatic heterocycles. The molecule has 0 bridgehead atoms. The van der Waals surface area contributed by atoms with Crippen LogP contribution in [0.15, 0.2) is 71.6 Å². The van der Waals surface area contributed by atoms with Crippen molar-refractivity contribution >= 4 is 21.4 Å². The lowest BCUT2D eigenvalue weighted by Gasteiger charge is -2.14. The SMILES string of the molecule is COc1ccc(-c2cccc(CO)c2)cc1S(=O)(=O)Nc1cccc(NCCN)c1. The predicted octanol–water partition coefficient (Wildman–Crippen LogP) is 3.03. The maximum absolute atomic E-state index is 13.1. The summed E-state index contributed by atoms with van der Waals surface area (Å²) in [4.78, 5) is 0.0252. The van der Waals surface area contributed by atoms with Gasteiger partial charge in [0.2, 0.25) is 0 Å². The average molecular weight is 428 g/mol. The summed E-state index contributed by atoms with van der Waals surface area (Å²) >= 11 is 0. The van der Waals surface area contributed by atoms with E-state index in [1.807, 2.05) is 24.3 Å². The second-order valence-corrected chi connectivity index (χ2v) is 8.28. The Morgan fingerprint density at radius 1 is 0.967 bits per heavy atom. The summed E-state index contributed by atoms with van der Waals surface area (Å²) in [6, 6.07) is 19.2. The molecule has 0 saturated carbocycles. The van der Waals surface area contributed by atoms with Crippen LogP contribution in [0, 0.1) is 0 Å². The highest BCUT2D eigenvalue weighted by Crippen LogP contribution is 2.32. The van der Waals surface area contributed by atoms with Crippen LogP contribution in [0.3, 0.4) is 0 Å². The molecule has 0 amide bonds. The summed E-state index contributed by atoms with van der Waals surface area (Å²) in [6.45, 7) is 0.960. The monoisotopic (exact) mass is 427 g/mol. The van der Waals surface area contributed by atoms with Crippen molar-refractivity contribution in [1.82, 2.24) is 0 Å². The number of aliphatic hydroxyl groups excluding tert-OH is 1. The smallest absolute Gasteiger partial charge is 0.265 e. The fourth-order valence-electron chi connectivity index (χ4n) is 3.03. The second-order valence-electron chi connectivity index (χ2n) is 6.63. The number of ether oxygens (including phenoxy) is 1. The number of hydrogen-bond donors (Lipinski definition) is 4. The molecule has 0 unspecified atom stereocenters. The molecule has 0 spiro atoms. The summed E-state index contributed by atoms with van der Waals surface area (Å²) in [5, 5.41) is 12.5. The van der Waals surface area contributed by atoms with Crippen molar-refractivity contribution in [3.05, 3.63) is 72.3 Å². The van der Waals surface area contributed by atoms with Gasteiger partial charge in [0.05, 0.1) is 19.4 Å². The molecule has 0 heterocycles. The molecule has 5 N–H and O–H groups in total. The normalized spacial score (nSPS) is 11.2. The summed E-state index contributed by atoms with van der Waals surface area (Å²) < 4.78 is 34.2. The first-order valence-electron chi connectivity index (χ1n) is 9.42. The first kappa shape index (κ1) is 21.6. The van der Waals surface area contributed by atoms with Gasteiger partial charge in [-0.25, -0.2) is 8.42 Å². The molecule has 3 aromatic rings. The molecule has 0 fully saturated rings. The highest BCUT2D eigenvalue weighted by Gasteiger charge is 2.21. The number of anilines is 2. The van der Waals surface area contributed by atoms with Crippen LogP contribution in [0.5, 0.6) is 5.75 Å². The van der Waals surface area contributed by atoms with Crippen LogP contribution < -0.4 is 20.5 Å². The van der Waals surface area contributed by atoms with Crippen LogP contribution in [0.4, 0.5) is 11.4 Å². The van der Waals surface area contributed by atoms with Crippen LogP contribution >= 0.6 is 0 Å². The average Bonchev–Trinajstić information content (AvgIpc) is 2.77. The minimum absolute atomic E-state index is 0.0252. The maximum atomic E-state index is 13.1. The molecule has 3 rings (SSSR count). The van der Waals surface area contributed by atoms with Gasteiger partial charge in [0.25, 0.3) is 10.0 Å². The van der Waals surface area contributed by atoms with E-state index in [0.29, 0.717) is 24.3 Å². The van der Waals surface area contributed by atoms with E-state index in [9.17, 15) is 13.5 Å². The Hall–Kier alpha value is -3.07. The van der Waals surface area contributed by atoms with Gasteiger partial charge in [-0.3, -0.25) is 4.72 Å². The van der Waals surface area contributed by atoms with Crippen LogP contribution in [0.25, 0.3) is 11.1 Å². The fraction of sp³-hybridized carbons (Fsp3) is 0.182. The molecule has 0 saturated heterocycles. The number of benzene rings is 3. The maximum Gasteiger partial charge on any atom is 0.265 e. The highest BCUT2D eigenvalue weighted by molar-refractivity contribution is 7.92. The zero-order valence-corrected chi connectivity index (χ0v) is 17.4. The van der Waals surface area contributed by atoms with Crippen molar-refractivity contribution in [2.24, 2.45) is 5.73 Å². The molecule has 0 radical (unpaired) electrons. The standard InChI is InChI=1S/C22H25N3O4S/c1-29-21-9-8-18(17-5-2-4-16(12-17)15-26)13-22(21)30(27,28)25-20-7-3-6-19(14-20)24-11-10-23/h2-9,12-14,24-26H,10-11,15,23H2,1H3. The highest BCUT2D eigenvalue weighted by atomic mass is 32.2. The van der Waals surface area contributed by atoms with Crippen molar-refractivity contribution in [3.63, 3.8) is 0 Å². The number of methoxy groups -OCH3 is 1. The summed E-state index contributed by atoms with van der Waals surface area (Å²) in [5.41, 5.74) is 8.93. The van der Waals surface area contributed by atoms with Crippen molar-refractivity contribution in [2.45, 2.75) is 11.5 Å². The molecule has 158 valence electrons. The van der Waals surface area contributed by atoms with Gasteiger partial charge in [-0.1, -0.05) is 30.3 Å². The Bertz CT molecular complexity index is 1120. The van der Waals surface area contributed by atoms with Crippen molar-refractivity contribution < 1.29 is 18.3 Å². The molecule has 0 aliphatic heterocycles. The van der Waals surface area contributed by atoms with Gasteiger partial charge in [0.15, 0.2) is 0 Å². The van der Waals surface area contributed by atoms with E-state index in [-0.39, 0.29) is 17.3 Å². The minimum atomic E-state index is -3.92. The lowest BCUT2D eigenvalue weighted by Crippen LogP contribution is -2.15. The van der Waals surface area contributed by atoms with Crippen molar-refractivity contribution in [2.75, 3.05) is 30.2 Å². The summed E-state index contributed by atoms with van der Waals surface area (Å²) in [5.74, 6) is 0.238. The zero-order valence-electron chi connectivity index (χ0n) is 16.6. The van der Waals surface area contributed by atoms with E-state index < -0.39 is 10.0 Å².